The molecular formula is C17H22N6O. The van der Waals surface area contributed by atoms with Gasteiger partial charge in [0.1, 0.15) is 0 Å². The van der Waals surface area contributed by atoms with Crippen LogP contribution in [0.25, 0.3) is 11.4 Å². The van der Waals surface area contributed by atoms with Crippen LogP contribution in [0.2, 0.25) is 0 Å². The lowest BCUT2D eigenvalue weighted by Gasteiger charge is -2.26. The van der Waals surface area contributed by atoms with Crippen LogP contribution < -0.4 is 10.6 Å². The summed E-state index contributed by atoms with van der Waals surface area (Å²) in [6.45, 7) is 2.95. The monoisotopic (exact) mass is 326 g/mol. The number of aromatic nitrogens is 4. The number of amides is 1. The maximum atomic E-state index is 12.7. The van der Waals surface area contributed by atoms with E-state index in [0.717, 1.165) is 55.7 Å². The average Bonchev–Trinajstić information content (AvgIpc) is 3.14. The van der Waals surface area contributed by atoms with Gasteiger partial charge in [-0.15, -0.1) is 5.10 Å². The van der Waals surface area contributed by atoms with E-state index in [-0.39, 0.29) is 5.91 Å². The lowest BCUT2D eigenvalue weighted by molar-refractivity contribution is -0.122. The van der Waals surface area contributed by atoms with Gasteiger partial charge in [0.2, 0.25) is 5.91 Å². The van der Waals surface area contributed by atoms with Crippen LogP contribution in [0.1, 0.15) is 45.1 Å². The molecule has 1 unspecified atom stereocenters. The maximum absolute atomic E-state index is 12.7. The van der Waals surface area contributed by atoms with Gasteiger partial charge in [0, 0.05) is 11.3 Å². The van der Waals surface area contributed by atoms with E-state index < -0.39 is 5.54 Å². The SMILES string of the molecule is CCC1(C(=O)Nc2cccc(-c3nnnn3C3CC3)c2)CCCN1. The summed E-state index contributed by atoms with van der Waals surface area (Å²) in [5, 5.41) is 18.5. The molecule has 1 saturated carbocycles. The minimum atomic E-state index is -0.439. The van der Waals surface area contributed by atoms with Crippen molar-refractivity contribution in [2.45, 2.75) is 50.6 Å². The van der Waals surface area contributed by atoms with E-state index in [2.05, 4.69) is 33.1 Å². The van der Waals surface area contributed by atoms with Gasteiger partial charge in [0.05, 0.1) is 11.6 Å². The topological polar surface area (TPSA) is 84.7 Å². The Balaban J connectivity index is 1.56. The summed E-state index contributed by atoms with van der Waals surface area (Å²) >= 11 is 0. The van der Waals surface area contributed by atoms with Crippen molar-refractivity contribution < 1.29 is 4.79 Å². The molecule has 0 bridgehead atoms. The van der Waals surface area contributed by atoms with Crippen molar-refractivity contribution in [1.29, 1.82) is 0 Å². The third-order valence-electron chi connectivity index (χ3n) is 5.05. The van der Waals surface area contributed by atoms with Crippen molar-refractivity contribution >= 4 is 11.6 Å². The average molecular weight is 326 g/mol. The van der Waals surface area contributed by atoms with Crippen LogP contribution >= 0.6 is 0 Å². The highest BCUT2D eigenvalue weighted by Gasteiger charge is 2.39. The molecule has 4 rings (SSSR count). The highest BCUT2D eigenvalue weighted by atomic mass is 16.2. The molecule has 1 aliphatic heterocycles. The molecule has 126 valence electrons. The Hall–Kier alpha value is -2.28. The maximum Gasteiger partial charge on any atom is 0.244 e. The fourth-order valence-corrected chi connectivity index (χ4v) is 3.40. The minimum absolute atomic E-state index is 0.0430. The summed E-state index contributed by atoms with van der Waals surface area (Å²) in [6, 6.07) is 8.17. The number of carbonyl (C=O) groups excluding carboxylic acids is 1. The molecule has 24 heavy (non-hydrogen) atoms. The molecule has 2 aromatic rings. The fraction of sp³-hybridized carbons (Fsp3) is 0.529. The molecule has 7 heteroatoms. The quantitative estimate of drug-likeness (QED) is 0.879. The van der Waals surface area contributed by atoms with Gasteiger partial charge in [0.15, 0.2) is 5.82 Å². The van der Waals surface area contributed by atoms with E-state index in [1.165, 1.54) is 0 Å². The number of tetrazole rings is 1. The normalized spacial score (nSPS) is 23.4. The number of hydrogen-bond acceptors (Lipinski definition) is 5. The number of nitrogens with zero attached hydrogens (tertiary/aromatic N) is 4. The summed E-state index contributed by atoms with van der Waals surface area (Å²) < 4.78 is 1.88. The molecule has 1 aromatic heterocycles. The zero-order chi connectivity index (χ0) is 16.6. The van der Waals surface area contributed by atoms with E-state index in [9.17, 15) is 4.79 Å². The van der Waals surface area contributed by atoms with Crippen molar-refractivity contribution in [3.8, 4) is 11.4 Å². The molecule has 7 nitrogen and oxygen atoms in total. The number of benzene rings is 1. The second-order valence-corrected chi connectivity index (χ2v) is 6.68. The Bertz CT molecular complexity index is 745. The first kappa shape index (κ1) is 15.3. The number of nitrogens with one attached hydrogen (secondary N) is 2. The van der Waals surface area contributed by atoms with Crippen molar-refractivity contribution in [2.24, 2.45) is 0 Å². The highest BCUT2D eigenvalue weighted by molar-refractivity contribution is 5.98. The van der Waals surface area contributed by atoms with Gasteiger partial charge in [-0.2, -0.15) is 0 Å². The highest BCUT2D eigenvalue weighted by Crippen LogP contribution is 2.37. The molecule has 2 fully saturated rings. The molecule has 1 aromatic carbocycles. The Kier molecular flexibility index (Phi) is 3.80. The van der Waals surface area contributed by atoms with Crippen LogP contribution in [-0.4, -0.2) is 38.2 Å². The Morgan fingerprint density at radius 3 is 3.04 bits per heavy atom. The Morgan fingerprint density at radius 1 is 1.46 bits per heavy atom. The van der Waals surface area contributed by atoms with Crippen LogP contribution in [0, 0.1) is 0 Å². The third kappa shape index (κ3) is 2.69. The van der Waals surface area contributed by atoms with Crippen molar-refractivity contribution in [3.05, 3.63) is 24.3 Å². The molecule has 2 heterocycles. The summed E-state index contributed by atoms with van der Waals surface area (Å²) in [4.78, 5) is 12.7. The van der Waals surface area contributed by atoms with E-state index >= 15 is 0 Å². The van der Waals surface area contributed by atoms with Crippen molar-refractivity contribution in [3.63, 3.8) is 0 Å². The Labute approximate surface area is 140 Å². The Morgan fingerprint density at radius 2 is 2.33 bits per heavy atom. The van der Waals surface area contributed by atoms with E-state index in [4.69, 9.17) is 0 Å². The smallest absolute Gasteiger partial charge is 0.244 e. The molecule has 1 amide bonds. The zero-order valence-electron chi connectivity index (χ0n) is 13.8. The van der Waals surface area contributed by atoms with Crippen molar-refractivity contribution in [1.82, 2.24) is 25.5 Å². The van der Waals surface area contributed by atoms with Gasteiger partial charge in [-0.1, -0.05) is 19.1 Å². The fourth-order valence-electron chi connectivity index (χ4n) is 3.40. The molecule has 2 aliphatic rings. The van der Waals surface area contributed by atoms with Gasteiger partial charge in [-0.25, -0.2) is 4.68 Å². The van der Waals surface area contributed by atoms with Gasteiger partial charge < -0.3 is 10.6 Å². The van der Waals surface area contributed by atoms with Crippen LogP contribution in [0.3, 0.4) is 0 Å². The number of hydrogen-bond donors (Lipinski definition) is 2. The lowest BCUT2D eigenvalue weighted by atomic mass is 9.93. The second kappa shape index (κ2) is 5.98. The summed E-state index contributed by atoms with van der Waals surface area (Å²) in [6.07, 6.45) is 4.96. The predicted molar refractivity (Wildman–Crippen MR) is 90.4 cm³/mol. The summed E-state index contributed by atoms with van der Waals surface area (Å²) in [5.41, 5.74) is 1.27. The molecule has 0 spiro atoms. The number of anilines is 1. The predicted octanol–water partition coefficient (Wildman–Crippen LogP) is 2.15. The van der Waals surface area contributed by atoms with Crippen LogP contribution in [0.5, 0.6) is 0 Å². The first-order chi connectivity index (χ1) is 11.7. The lowest BCUT2D eigenvalue weighted by Crippen LogP contribution is -2.50. The standard InChI is InChI=1S/C17H22N6O/c1-2-17(9-4-10-18-17)16(24)19-13-6-3-5-12(11-13)15-20-21-22-23(15)14-7-8-14/h3,5-6,11,14,18H,2,4,7-10H2,1H3,(H,19,24). The zero-order valence-corrected chi connectivity index (χ0v) is 13.8. The second-order valence-electron chi connectivity index (χ2n) is 6.68. The van der Waals surface area contributed by atoms with E-state index in [0.29, 0.717) is 6.04 Å². The molecule has 1 saturated heterocycles. The number of rotatable bonds is 5. The largest absolute Gasteiger partial charge is 0.324 e. The first-order valence-electron chi connectivity index (χ1n) is 8.67. The van der Waals surface area contributed by atoms with Gasteiger partial charge in [0.25, 0.3) is 0 Å². The van der Waals surface area contributed by atoms with E-state index in [1.807, 2.05) is 28.9 Å². The molecule has 2 N–H and O–H groups in total. The van der Waals surface area contributed by atoms with Crippen LogP contribution in [0.15, 0.2) is 24.3 Å². The molecule has 1 atom stereocenters. The first-order valence-corrected chi connectivity index (χ1v) is 8.67. The van der Waals surface area contributed by atoms with E-state index in [1.54, 1.807) is 0 Å². The molecule has 0 radical (unpaired) electrons. The number of carbonyl (C=O) groups is 1. The van der Waals surface area contributed by atoms with Gasteiger partial charge in [-0.3, -0.25) is 4.79 Å². The summed E-state index contributed by atoms with van der Waals surface area (Å²) in [7, 11) is 0. The molecular weight excluding hydrogens is 304 g/mol. The van der Waals surface area contributed by atoms with Gasteiger partial charge in [-0.05, 0) is 61.2 Å². The minimum Gasteiger partial charge on any atom is -0.324 e. The summed E-state index contributed by atoms with van der Waals surface area (Å²) in [5.74, 6) is 0.805. The van der Waals surface area contributed by atoms with Crippen molar-refractivity contribution in [2.75, 3.05) is 11.9 Å². The van der Waals surface area contributed by atoms with Crippen LogP contribution in [0.4, 0.5) is 5.69 Å². The van der Waals surface area contributed by atoms with Gasteiger partial charge >= 0.3 is 0 Å². The molecule has 1 aliphatic carbocycles. The third-order valence-corrected chi connectivity index (χ3v) is 5.05. The van der Waals surface area contributed by atoms with Crippen LogP contribution in [-0.2, 0) is 4.79 Å².